The minimum absolute atomic E-state index is 0.267. The summed E-state index contributed by atoms with van der Waals surface area (Å²) in [5, 5.41) is 11.8. The summed E-state index contributed by atoms with van der Waals surface area (Å²) in [6.45, 7) is 6.22. The van der Waals surface area contributed by atoms with Gasteiger partial charge in [-0.05, 0) is 50.4 Å². The Balaban J connectivity index is 2.18. The van der Waals surface area contributed by atoms with Crippen LogP contribution in [0.25, 0.3) is 5.69 Å². The lowest BCUT2D eigenvalue weighted by Crippen LogP contribution is -2.48. The van der Waals surface area contributed by atoms with Gasteiger partial charge in [-0.3, -0.25) is 9.69 Å². The van der Waals surface area contributed by atoms with Gasteiger partial charge in [-0.25, -0.2) is 0 Å². The third-order valence-corrected chi connectivity index (χ3v) is 3.64. The predicted octanol–water partition coefficient (Wildman–Crippen LogP) is 1.44. The lowest BCUT2D eigenvalue weighted by atomic mass is 10.0. The van der Waals surface area contributed by atoms with E-state index < -0.39 is 5.54 Å². The summed E-state index contributed by atoms with van der Waals surface area (Å²) in [6.07, 6.45) is 0. The maximum absolute atomic E-state index is 12.1. The van der Waals surface area contributed by atoms with Crippen LogP contribution in [-0.2, 0) is 16.1 Å². The Morgan fingerprint density at radius 3 is 2.64 bits per heavy atom. The van der Waals surface area contributed by atoms with Gasteiger partial charge in [0, 0.05) is 0 Å². The molecule has 7 heteroatoms. The van der Waals surface area contributed by atoms with Crippen molar-refractivity contribution in [2.45, 2.75) is 32.9 Å². The molecule has 0 saturated heterocycles. The molecule has 0 fully saturated rings. The van der Waals surface area contributed by atoms with Crippen LogP contribution in [0, 0.1) is 0 Å². The minimum atomic E-state index is -0.760. The molecule has 0 unspecified atom stereocenters. The SMILES string of the molecule is CCOC(=O)C(C)(C)N(C)Cc1nnnn1-c1ccccc1. The van der Waals surface area contributed by atoms with E-state index in [9.17, 15) is 4.79 Å². The number of hydrogen-bond acceptors (Lipinski definition) is 6. The van der Waals surface area contributed by atoms with Crippen molar-refractivity contribution in [3.05, 3.63) is 36.2 Å². The third kappa shape index (κ3) is 3.30. The largest absolute Gasteiger partial charge is 0.465 e. The first kappa shape index (κ1) is 16.1. The van der Waals surface area contributed by atoms with E-state index in [4.69, 9.17) is 4.74 Å². The number of hydrogen-bond donors (Lipinski definition) is 0. The molecule has 0 atom stereocenters. The van der Waals surface area contributed by atoms with E-state index in [1.165, 1.54) is 0 Å². The van der Waals surface area contributed by atoms with E-state index in [-0.39, 0.29) is 5.97 Å². The Labute approximate surface area is 129 Å². The molecular formula is C15H21N5O2. The molecule has 2 rings (SSSR count). The van der Waals surface area contributed by atoms with Crippen LogP contribution < -0.4 is 0 Å². The summed E-state index contributed by atoms with van der Waals surface area (Å²) < 4.78 is 6.79. The lowest BCUT2D eigenvalue weighted by Gasteiger charge is -2.32. The molecular weight excluding hydrogens is 282 g/mol. The van der Waals surface area contributed by atoms with Gasteiger partial charge < -0.3 is 4.74 Å². The van der Waals surface area contributed by atoms with Crippen LogP contribution in [0.1, 0.15) is 26.6 Å². The molecule has 0 aliphatic carbocycles. The highest BCUT2D eigenvalue weighted by Gasteiger charge is 2.34. The highest BCUT2D eigenvalue weighted by Crippen LogP contribution is 2.18. The monoisotopic (exact) mass is 303 g/mol. The van der Waals surface area contributed by atoms with Crippen molar-refractivity contribution in [1.82, 2.24) is 25.1 Å². The molecule has 7 nitrogen and oxygen atoms in total. The number of esters is 1. The van der Waals surface area contributed by atoms with Crippen LogP contribution in [0.2, 0.25) is 0 Å². The van der Waals surface area contributed by atoms with Gasteiger partial charge in [0.15, 0.2) is 5.82 Å². The first-order chi connectivity index (χ1) is 10.5. The topological polar surface area (TPSA) is 73.1 Å². The second kappa shape index (κ2) is 6.65. The van der Waals surface area contributed by atoms with Crippen molar-refractivity contribution in [3.63, 3.8) is 0 Å². The van der Waals surface area contributed by atoms with Crippen molar-refractivity contribution in [1.29, 1.82) is 0 Å². The fraction of sp³-hybridized carbons (Fsp3) is 0.467. The zero-order chi connectivity index (χ0) is 16.2. The van der Waals surface area contributed by atoms with Gasteiger partial charge in [0.1, 0.15) is 5.54 Å². The van der Waals surface area contributed by atoms with Crippen molar-refractivity contribution >= 4 is 5.97 Å². The fourth-order valence-corrected chi connectivity index (χ4v) is 1.95. The molecule has 0 bridgehead atoms. The first-order valence-electron chi connectivity index (χ1n) is 7.18. The summed E-state index contributed by atoms with van der Waals surface area (Å²) in [6, 6.07) is 9.64. The zero-order valence-corrected chi connectivity index (χ0v) is 13.4. The number of carbonyl (C=O) groups is 1. The number of ether oxygens (including phenoxy) is 1. The standard InChI is InChI=1S/C15H21N5O2/c1-5-22-14(21)15(2,3)19(4)11-13-16-17-18-20(13)12-9-7-6-8-10-12/h6-10H,5,11H2,1-4H3. The Hall–Kier alpha value is -2.28. The molecule has 1 aromatic carbocycles. The third-order valence-electron chi connectivity index (χ3n) is 3.64. The molecule has 0 amide bonds. The van der Waals surface area contributed by atoms with E-state index in [2.05, 4.69) is 15.5 Å². The van der Waals surface area contributed by atoms with Crippen molar-refractivity contribution in [2.75, 3.05) is 13.7 Å². The second-order valence-corrected chi connectivity index (χ2v) is 5.48. The Morgan fingerprint density at radius 1 is 1.32 bits per heavy atom. The van der Waals surface area contributed by atoms with Crippen LogP contribution in [0.3, 0.4) is 0 Å². The molecule has 0 aliphatic rings. The van der Waals surface area contributed by atoms with Gasteiger partial charge in [-0.15, -0.1) is 5.10 Å². The molecule has 2 aromatic rings. The van der Waals surface area contributed by atoms with Crippen molar-refractivity contribution < 1.29 is 9.53 Å². The van der Waals surface area contributed by atoms with Gasteiger partial charge in [0.2, 0.25) is 0 Å². The number of carbonyl (C=O) groups excluding carboxylic acids is 1. The Kier molecular flexibility index (Phi) is 4.87. The highest BCUT2D eigenvalue weighted by atomic mass is 16.5. The molecule has 0 saturated carbocycles. The molecule has 0 spiro atoms. The fourth-order valence-electron chi connectivity index (χ4n) is 1.95. The maximum atomic E-state index is 12.1. The molecule has 1 aromatic heterocycles. The van der Waals surface area contributed by atoms with E-state index in [0.717, 1.165) is 5.69 Å². The number of aromatic nitrogens is 4. The normalized spacial score (nSPS) is 11.7. The van der Waals surface area contributed by atoms with Crippen LogP contribution in [0.15, 0.2) is 30.3 Å². The van der Waals surface area contributed by atoms with Gasteiger partial charge in [-0.2, -0.15) is 4.68 Å². The first-order valence-corrected chi connectivity index (χ1v) is 7.18. The number of likely N-dealkylation sites (N-methyl/N-ethyl adjacent to an activating group) is 1. The van der Waals surface area contributed by atoms with Gasteiger partial charge in [-0.1, -0.05) is 18.2 Å². The Morgan fingerprint density at radius 2 is 2.00 bits per heavy atom. The molecule has 0 radical (unpaired) electrons. The van der Waals surface area contributed by atoms with Gasteiger partial charge in [0.05, 0.1) is 18.8 Å². The smallest absolute Gasteiger partial charge is 0.325 e. The average Bonchev–Trinajstić information content (AvgIpc) is 2.96. The lowest BCUT2D eigenvalue weighted by molar-refractivity contribution is -0.155. The summed E-state index contributed by atoms with van der Waals surface area (Å²) in [5.74, 6) is 0.391. The minimum Gasteiger partial charge on any atom is -0.465 e. The van der Waals surface area contributed by atoms with Crippen LogP contribution >= 0.6 is 0 Å². The number of rotatable bonds is 6. The maximum Gasteiger partial charge on any atom is 0.325 e. The second-order valence-electron chi connectivity index (χ2n) is 5.48. The predicted molar refractivity (Wildman–Crippen MR) is 81.3 cm³/mol. The summed E-state index contributed by atoms with van der Waals surface area (Å²) >= 11 is 0. The van der Waals surface area contributed by atoms with E-state index in [1.807, 2.05) is 56.1 Å². The Bertz CT molecular complexity index is 624. The highest BCUT2D eigenvalue weighted by molar-refractivity contribution is 5.79. The molecule has 22 heavy (non-hydrogen) atoms. The van der Waals surface area contributed by atoms with Crippen LogP contribution in [0.4, 0.5) is 0 Å². The summed E-state index contributed by atoms with van der Waals surface area (Å²) in [5.41, 5.74) is 0.119. The number of benzene rings is 1. The zero-order valence-electron chi connectivity index (χ0n) is 13.4. The van der Waals surface area contributed by atoms with Crippen molar-refractivity contribution in [3.8, 4) is 5.69 Å². The molecule has 1 heterocycles. The number of nitrogens with zero attached hydrogens (tertiary/aromatic N) is 5. The molecule has 0 aliphatic heterocycles. The van der Waals surface area contributed by atoms with Crippen LogP contribution in [0.5, 0.6) is 0 Å². The van der Waals surface area contributed by atoms with E-state index in [0.29, 0.717) is 19.0 Å². The number of tetrazole rings is 1. The summed E-state index contributed by atoms with van der Waals surface area (Å²) in [7, 11) is 1.85. The van der Waals surface area contributed by atoms with Gasteiger partial charge >= 0.3 is 5.97 Å². The van der Waals surface area contributed by atoms with E-state index >= 15 is 0 Å². The molecule has 118 valence electrons. The summed E-state index contributed by atoms with van der Waals surface area (Å²) in [4.78, 5) is 13.9. The molecule has 0 N–H and O–H groups in total. The average molecular weight is 303 g/mol. The van der Waals surface area contributed by atoms with Crippen LogP contribution in [-0.4, -0.2) is 50.3 Å². The van der Waals surface area contributed by atoms with E-state index in [1.54, 1.807) is 11.6 Å². The van der Waals surface area contributed by atoms with Crippen molar-refractivity contribution in [2.24, 2.45) is 0 Å². The quantitative estimate of drug-likeness (QED) is 0.752. The van der Waals surface area contributed by atoms with Gasteiger partial charge in [0.25, 0.3) is 0 Å². The number of para-hydroxylation sites is 1.